The van der Waals surface area contributed by atoms with Crippen molar-refractivity contribution < 1.29 is 0 Å². The van der Waals surface area contributed by atoms with Crippen LogP contribution < -0.4 is 0 Å². The largest absolute Gasteiger partial charge is 0.286 e. The van der Waals surface area contributed by atoms with Crippen LogP contribution in [0.25, 0.3) is 0 Å². The zero-order chi connectivity index (χ0) is 4.12. The first-order valence-corrected chi connectivity index (χ1v) is 2.42. The van der Waals surface area contributed by atoms with E-state index in [-0.39, 0.29) is 0 Å². The first kappa shape index (κ1) is 5.15. The van der Waals surface area contributed by atoms with Crippen LogP contribution in [0.4, 0.5) is 0 Å². The van der Waals surface area contributed by atoms with Gasteiger partial charge < -0.3 is 0 Å². The lowest BCUT2D eigenvalue weighted by molar-refractivity contribution is 1.15. The summed E-state index contributed by atoms with van der Waals surface area (Å²) in [5.74, 6) is 0. The lowest BCUT2D eigenvalue weighted by Gasteiger charge is -1.66. The van der Waals surface area contributed by atoms with Crippen molar-refractivity contribution in [3.63, 3.8) is 0 Å². The fourth-order valence-electron chi connectivity index (χ4n) is 0.0690. The van der Waals surface area contributed by atoms with Crippen LogP contribution in [-0.4, -0.2) is 11.7 Å². The van der Waals surface area contributed by atoms with E-state index in [4.69, 9.17) is 0 Å². The standard InChI is InChI=1S/C3H6BrN/c1-2-5-3-4/h3H,2H2,1H3. The van der Waals surface area contributed by atoms with Crippen LogP contribution in [0.3, 0.4) is 0 Å². The van der Waals surface area contributed by atoms with E-state index in [1.807, 2.05) is 6.92 Å². The Hall–Kier alpha value is 0.150. The zero-order valence-electron chi connectivity index (χ0n) is 3.11. The number of aliphatic imine (C=N–C) groups is 1. The molecule has 0 aliphatic heterocycles. The molecule has 0 heterocycles. The van der Waals surface area contributed by atoms with Gasteiger partial charge >= 0.3 is 0 Å². The van der Waals surface area contributed by atoms with Crippen molar-refractivity contribution in [3.8, 4) is 0 Å². The molecule has 0 radical (unpaired) electrons. The number of hydrogen-bond donors (Lipinski definition) is 0. The summed E-state index contributed by atoms with van der Waals surface area (Å²) < 4.78 is 0. The smallest absolute Gasteiger partial charge is 0.0640 e. The molecule has 0 saturated carbocycles. The number of nitrogens with zero attached hydrogens (tertiary/aromatic N) is 1. The van der Waals surface area contributed by atoms with E-state index >= 15 is 0 Å². The van der Waals surface area contributed by atoms with E-state index in [1.54, 1.807) is 5.12 Å². The maximum absolute atomic E-state index is 3.76. The van der Waals surface area contributed by atoms with Crippen molar-refractivity contribution in [2.24, 2.45) is 4.99 Å². The Morgan fingerprint density at radius 3 is 2.60 bits per heavy atom. The molecule has 0 aliphatic carbocycles. The van der Waals surface area contributed by atoms with Gasteiger partial charge in [-0.15, -0.1) is 0 Å². The highest BCUT2D eigenvalue weighted by molar-refractivity contribution is 9.17. The minimum atomic E-state index is 0.866. The van der Waals surface area contributed by atoms with E-state index in [2.05, 4.69) is 20.9 Å². The minimum Gasteiger partial charge on any atom is -0.286 e. The molecule has 1 nitrogen and oxygen atoms in total. The van der Waals surface area contributed by atoms with E-state index < -0.39 is 0 Å². The summed E-state index contributed by atoms with van der Waals surface area (Å²) in [5, 5.41) is 1.62. The van der Waals surface area contributed by atoms with Crippen LogP contribution in [-0.2, 0) is 0 Å². The van der Waals surface area contributed by atoms with E-state index in [9.17, 15) is 0 Å². The normalized spacial score (nSPS) is 10.0. The maximum atomic E-state index is 3.76. The van der Waals surface area contributed by atoms with E-state index in [1.165, 1.54) is 0 Å². The van der Waals surface area contributed by atoms with Crippen LogP contribution in [0.2, 0.25) is 0 Å². The molecular weight excluding hydrogens is 130 g/mol. The zero-order valence-corrected chi connectivity index (χ0v) is 4.70. The lowest BCUT2D eigenvalue weighted by Crippen LogP contribution is -1.59. The first-order valence-electron chi connectivity index (χ1n) is 1.50. The van der Waals surface area contributed by atoms with Crippen LogP contribution in [0.15, 0.2) is 4.99 Å². The molecule has 30 valence electrons. The van der Waals surface area contributed by atoms with Gasteiger partial charge in [0.25, 0.3) is 0 Å². The molecule has 0 saturated heterocycles. The number of hydrogen-bond acceptors (Lipinski definition) is 1. The summed E-state index contributed by atoms with van der Waals surface area (Å²) >= 11 is 3.02. The Labute approximate surface area is 40.2 Å². The average molecular weight is 136 g/mol. The van der Waals surface area contributed by atoms with Crippen LogP contribution in [0.1, 0.15) is 6.92 Å². The Morgan fingerprint density at radius 1 is 2.00 bits per heavy atom. The summed E-state index contributed by atoms with van der Waals surface area (Å²) in [4.78, 5) is 3.76. The Morgan fingerprint density at radius 2 is 2.60 bits per heavy atom. The van der Waals surface area contributed by atoms with Gasteiger partial charge in [0.05, 0.1) is 5.12 Å². The van der Waals surface area contributed by atoms with Gasteiger partial charge in [-0.25, -0.2) is 0 Å². The molecule has 0 aromatic rings. The molecule has 0 atom stereocenters. The second-order valence-corrected chi connectivity index (χ2v) is 1.01. The molecule has 0 fully saturated rings. The van der Waals surface area contributed by atoms with Crippen LogP contribution in [0, 0.1) is 0 Å². The van der Waals surface area contributed by atoms with Crippen molar-refractivity contribution in [1.82, 2.24) is 0 Å². The molecule has 5 heavy (non-hydrogen) atoms. The fraction of sp³-hybridized carbons (Fsp3) is 0.667. The SMILES string of the molecule is CCN=CBr. The molecule has 0 amide bonds. The van der Waals surface area contributed by atoms with Crippen molar-refractivity contribution in [3.05, 3.63) is 0 Å². The number of halogens is 1. The van der Waals surface area contributed by atoms with Crippen molar-refractivity contribution in [1.29, 1.82) is 0 Å². The quantitative estimate of drug-likeness (QED) is 0.483. The van der Waals surface area contributed by atoms with Crippen LogP contribution in [0.5, 0.6) is 0 Å². The van der Waals surface area contributed by atoms with Crippen LogP contribution >= 0.6 is 15.9 Å². The van der Waals surface area contributed by atoms with Gasteiger partial charge in [0.2, 0.25) is 0 Å². The van der Waals surface area contributed by atoms with Gasteiger partial charge in [-0.05, 0) is 22.9 Å². The highest BCUT2D eigenvalue weighted by atomic mass is 79.9. The molecule has 0 spiro atoms. The molecule has 2 heteroatoms. The first-order chi connectivity index (χ1) is 2.41. The monoisotopic (exact) mass is 135 g/mol. The van der Waals surface area contributed by atoms with Gasteiger partial charge in [0, 0.05) is 6.54 Å². The van der Waals surface area contributed by atoms with Gasteiger partial charge in [-0.3, -0.25) is 4.99 Å². The third-order valence-corrected chi connectivity index (χ3v) is 0.541. The molecule has 0 N–H and O–H groups in total. The molecule has 0 bridgehead atoms. The maximum Gasteiger partial charge on any atom is 0.0640 e. The summed E-state index contributed by atoms with van der Waals surface area (Å²) in [7, 11) is 0. The molecule has 0 aromatic heterocycles. The second-order valence-electron chi connectivity index (χ2n) is 0.596. The molecule has 0 aliphatic rings. The molecular formula is C3H6BrN. The predicted octanol–water partition coefficient (Wildman–Crippen LogP) is 1.43. The van der Waals surface area contributed by atoms with Gasteiger partial charge in [0.15, 0.2) is 0 Å². The summed E-state index contributed by atoms with van der Waals surface area (Å²) in [6, 6.07) is 0. The van der Waals surface area contributed by atoms with Crippen molar-refractivity contribution in [2.45, 2.75) is 6.92 Å². The Kier molecular flexibility index (Phi) is 4.27. The summed E-state index contributed by atoms with van der Waals surface area (Å²) in [6.45, 7) is 2.85. The van der Waals surface area contributed by atoms with Gasteiger partial charge in [0.1, 0.15) is 0 Å². The third-order valence-electron chi connectivity index (χ3n) is 0.252. The highest BCUT2D eigenvalue weighted by Gasteiger charge is 1.52. The fourth-order valence-corrected chi connectivity index (χ4v) is 0.359. The highest BCUT2D eigenvalue weighted by Crippen LogP contribution is 1.68. The number of rotatable bonds is 1. The summed E-state index contributed by atoms with van der Waals surface area (Å²) in [5.41, 5.74) is 0. The topological polar surface area (TPSA) is 12.4 Å². The van der Waals surface area contributed by atoms with Gasteiger partial charge in [-0.1, -0.05) is 0 Å². The molecule has 0 rings (SSSR count). The minimum absolute atomic E-state index is 0.866. The molecule has 0 aromatic carbocycles. The predicted molar refractivity (Wildman–Crippen MR) is 28.0 cm³/mol. The Balaban J connectivity index is 2.62. The lowest BCUT2D eigenvalue weighted by atomic mass is 10.8. The average Bonchev–Trinajstić information content (AvgIpc) is 1.41. The Bertz CT molecular complexity index is 33.9. The summed E-state index contributed by atoms with van der Waals surface area (Å²) in [6.07, 6.45) is 0. The second kappa shape index (κ2) is 4.15. The van der Waals surface area contributed by atoms with Crippen molar-refractivity contribution >= 4 is 21.1 Å². The van der Waals surface area contributed by atoms with Gasteiger partial charge in [-0.2, -0.15) is 0 Å². The van der Waals surface area contributed by atoms with Crippen molar-refractivity contribution in [2.75, 3.05) is 6.54 Å². The van der Waals surface area contributed by atoms with E-state index in [0.717, 1.165) is 6.54 Å². The molecule has 0 unspecified atom stereocenters. The van der Waals surface area contributed by atoms with E-state index in [0.29, 0.717) is 0 Å². The third kappa shape index (κ3) is 4.15.